The number of nitrogens with zero attached hydrogens (tertiary/aromatic N) is 5. The summed E-state index contributed by atoms with van der Waals surface area (Å²) in [5, 5.41) is 0. The molecule has 8 rings (SSSR count). The van der Waals surface area contributed by atoms with Gasteiger partial charge < -0.3 is 43.5 Å². The van der Waals surface area contributed by atoms with Crippen LogP contribution in [0.25, 0.3) is 11.2 Å². The Labute approximate surface area is 408 Å². The van der Waals surface area contributed by atoms with E-state index in [4.69, 9.17) is 38.9 Å². The Kier molecular flexibility index (Phi) is 17.0. The molecule has 0 spiro atoms. The molecule has 18 heteroatoms. The number of hydrogen-bond donors (Lipinski definition) is 1. The lowest BCUT2D eigenvalue weighted by Crippen LogP contribution is -2.63. The molecule has 1 aliphatic heterocycles. The molecule has 4 aromatic carbocycles. The minimum Gasteiger partial charge on any atom is -0.471 e. The van der Waals surface area contributed by atoms with Crippen molar-refractivity contribution < 1.29 is 56.7 Å². The van der Waals surface area contributed by atoms with Gasteiger partial charge in [-0.15, -0.1) is 0 Å². The minimum atomic E-state index is -1.52. The van der Waals surface area contributed by atoms with Gasteiger partial charge in [0.2, 0.25) is 17.8 Å². The second kappa shape index (κ2) is 24.5. The Morgan fingerprint density at radius 2 is 1.15 bits per heavy atom. The molecule has 1 saturated heterocycles. The zero-order valence-corrected chi connectivity index (χ0v) is 38.5. The molecule has 0 aliphatic carbocycles. The van der Waals surface area contributed by atoms with Gasteiger partial charge in [-0.25, -0.2) is 29.1 Å². The van der Waals surface area contributed by atoms with Gasteiger partial charge in [-0.1, -0.05) is 98.5 Å². The fraction of sp³-hybridized carbons (Fsp3) is 0.283. The topological polar surface area (TPSA) is 215 Å². The predicted octanol–water partition coefficient (Wildman–Crippen LogP) is 8.14. The summed E-state index contributed by atoms with van der Waals surface area (Å²) in [5.41, 5.74) is 8.38. The van der Waals surface area contributed by atoms with E-state index in [1.165, 1.54) is 12.3 Å². The van der Waals surface area contributed by atoms with Gasteiger partial charge in [0.1, 0.15) is 19.3 Å². The van der Waals surface area contributed by atoms with Crippen molar-refractivity contribution in [3.8, 4) is 5.88 Å². The van der Waals surface area contributed by atoms with Crippen LogP contribution in [0.2, 0.25) is 0 Å². The van der Waals surface area contributed by atoms with Crippen molar-refractivity contribution in [2.75, 3.05) is 18.9 Å². The Hall–Kier alpha value is -8.09. The Morgan fingerprint density at radius 1 is 0.620 bits per heavy atom. The number of unbranched alkanes of at least 4 members (excludes halogenated alkanes) is 5. The summed E-state index contributed by atoms with van der Waals surface area (Å²) in [7, 11) is 0. The van der Waals surface area contributed by atoms with Crippen LogP contribution in [0.3, 0.4) is 0 Å². The molecule has 71 heavy (non-hydrogen) atoms. The Morgan fingerprint density at radius 3 is 1.75 bits per heavy atom. The van der Waals surface area contributed by atoms with Crippen molar-refractivity contribution in [3.05, 3.63) is 180 Å². The lowest BCUT2D eigenvalue weighted by Gasteiger charge is -2.44. The number of aryl methyl sites for hydroxylation is 1. The molecule has 0 bridgehead atoms. The number of nitrogens with two attached hydrogens (primary N) is 1. The van der Waals surface area contributed by atoms with Crippen LogP contribution in [0.15, 0.2) is 146 Å². The van der Waals surface area contributed by atoms with Crippen LogP contribution < -0.4 is 10.5 Å². The molecule has 5 atom stereocenters. The maximum Gasteiger partial charge on any atom is 0.338 e. The monoisotopic (exact) mass is 966 g/mol. The normalized spacial score (nSPS) is 17.5. The van der Waals surface area contributed by atoms with Crippen molar-refractivity contribution in [1.82, 2.24) is 24.5 Å². The van der Waals surface area contributed by atoms with Crippen LogP contribution in [-0.2, 0) is 41.6 Å². The fourth-order valence-corrected chi connectivity index (χ4v) is 7.84. The molecular weight excluding hydrogens is 916 g/mol. The number of halogens is 1. The lowest BCUT2D eigenvalue weighted by molar-refractivity contribution is -0.298. The number of fused-ring (bicyclic) bond motifs is 1. The third-order valence-corrected chi connectivity index (χ3v) is 11.4. The summed E-state index contributed by atoms with van der Waals surface area (Å²) < 4.78 is 58.3. The standard InChI is InChI=1S/C53H51FN6O11/c54-41-31-35(27-28-56-41)32-66-47-42-46(58-53(55)59-47)60(34-57-42)29-17-3-1-2-4-18-30-65-52-45(71-51(64)39-25-15-8-16-26-39)44(70-50(63)38-23-13-7-14-24-38)43(69-49(62)37-21-11-6-12-22-37)40(68-52)33-67-48(61)36-19-9-5-10-20-36/h5-16,19-28,31,34,40,43-45,52H,1-4,17-18,29-30,32-33H2,(H2,55,58,59)/t40-,43-,44+,45-,52-/m1/s1. The first kappa shape index (κ1) is 49.3. The van der Waals surface area contributed by atoms with Gasteiger partial charge in [0.25, 0.3) is 0 Å². The summed E-state index contributed by atoms with van der Waals surface area (Å²) in [4.78, 5) is 71.4. The number of hydrogen-bond acceptors (Lipinski definition) is 16. The quantitative estimate of drug-likeness (QED) is 0.0294. The van der Waals surface area contributed by atoms with Crippen molar-refractivity contribution in [2.24, 2.45) is 0 Å². The van der Waals surface area contributed by atoms with Crippen LogP contribution in [0.5, 0.6) is 5.88 Å². The maximum atomic E-state index is 13.9. The summed E-state index contributed by atoms with van der Waals surface area (Å²) >= 11 is 0. The highest BCUT2D eigenvalue weighted by atomic mass is 19.1. The number of imidazole rings is 1. The van der Waals surface area contributed by atoms with E-state index in [-0.39, 0.29) is 47.3 Å². The number of esters is 4. The van der Waals surface area contributed by atoms with Crippen LogP contribution in [0.1, 0.15) is 85.5 Å². The molecule has 3 aromatic heterocycles. The highest BCUT2D eigenvalue weighted by Crippen LogP contribution is 2.32. The number of anilines is 1. The van der Waals surface area contributed by atoms with Gasteiger partial charge in [0.15, 0.2) is 35.8 Å². The van der Waals surface area contributed by atoms with Crippen molar-refractivity contribution >= 4 is 41.0 Å². The van der Waals surface area contributed by atoms with Gasteiger partial charge in [-0.05, 0) is 79.1 Å². The van der Waals surface area contributed by atoms with Crippen molar-refractivity contribution in [2.45, 2.75) is 82.4 Å². The molecule has 0 amide bonds. The zero-order chi connectivity index (χ0) is 49.4. The van der Waals surface area contributed by atoms with Gasteiger partial charge in [0, 0.05) is 19.3 Å². The van der Waals surface area contributed by atoms with E-state index in [9.17, 15) is 23.6 Å². The number of ether oxygens (including phenoxy) is 7. The van der Waals surface area contributed by atoms with Crippen LogP contribution in [0.4, 0.5) is 10.3 Å². The number of nitrogen functional groups attached to an aromatic ring is 1. The largest absolute Gasteiger partial charge is 0.471 e. The molecule has 2 N–H and O–H groups in total. The van der Waals surface area contributed by atoms with Crippen LogP contribution in [-0.4, -0.2) is 92.3 Å². The average Bonchev–Trinajstić information content (AvgIpc) is 3.81. The predicted molar refractivity (Wildman–Crippen MR) is 254 cm³/mol. The molecule has 0 saturated carbocycles. The molecule has 17 nitrogen and oxygen atoms in total. The van der Waals surface area contributed by atoms with Gasteiger partial charge >= 0.3 is 23.9 Å². The third-order valence-electron chi connectivity index (χ3n) is 11.4. The highest BCUT2D eigenvalue weighted by molar-refractivity contribution is 5.91. The van der Waals surface area contributed by atoms with Gasteiger partial charge in [-0.3, -0.25) is 0 Å². The Balaban J connectivity index is 0.940. The van der Waals surface area contributed by atoms with E-state index >= 15 is 0 Å². The first-order valence-corrected chi connectivity index (χ1v) is 23.2. The highest BCUT2D eigenvalue weighted by Gasteiger charge is 2.53. The first-order valence-electron chi connectivity index (χ1n) is 23.2. The molecule has 1 aliphatic rings. The number of benzene rings is 4. The van der Waals surface area contributed by atoms with E-state index in [0.717, 1.165) is 32.1 Å². The molecule has 7 aromatic rings. The zero-order valence-electron chi connectivity index (χ0n) is 38.5. The number of pyridine rings is 1. The van der Waals surface area contributed by atoms with Crippen LogP contribution in [0, 0.1) is 5.95 Å². The molecule has 4 heterocycles. The fourth-order valence-electron chi connectivity index (χ4n) is 7.84. The average molecular weight is 967 g/mol. The van der Waals surface area contributed by atoms with E-state index in [0.29, 0.717) is 29.7 Å². The molecule has 366 valence electrons. The van der Waals surface area contributed by atoms with Crippen LogP contribution >= 0.6 is 0 Å². The summed E-state index contributed by atoms with van der Waals surface area (Å²) in [6.07, 6.45) is 0.715. The number of aromatic nitrogens is 5. The molecule has 0 unspecified atom stereocenters. The van der Waals surface area contributed by atoms with E-state index in [2.05, 4.69) is 19.9 Å². The second-order valence-electron chi connectivity index (χ2n) is 16.5. The van der Waals surface area contributed by atoms with E-state index < -0.39 is 67.1 Å². The van der Waals surface area contributed by atoms with Gasteiger partial charge in [0.05, 0.1) is 28.6 Å². The third kappa shape index (κ3) is 13.4. The number of carbonyl (C=O) groups is 4. The SMILES string of the molecule is Nc1nc(OCc2ccnc(F)c2)c2ncn(CCCCCCCCO[C@@H]3O[C@H](COC(=O)c4ccccc4)[C@@H](OC(=O)c4ccccc4)[C@H](OC(=O)c4ccccc4)[C@H]3OC(=O)c3ccccc3)c2n1. The van der Waals surface area contributed by atoms with E-state index in [1.807, 2.05) is 4.57 Å². The molecule has 1 fully saturated rings. The van der Waals surface area contributed by atoms with Gasteiger partial charge in [-0.2, -0.15) is 14.4 Å². The summed E-state index contributed by atoms with van der Waals surface area (Å²) in [6.45, 7) is 0.338. The molecular formula is C53H51FN6O11. The molecule has 0 radical (unpaired) electrons. The van der Waals surface area contributed by atoms with E-state index in [1.54, 1.807) is 134 Å². The minimum absolute atomic E-state index is 0.0220. The lowest BCUT2D eigenvalue weighted by atomic mass is 9.97. The number of rotatable bonds is 22. The first-order chi connectivity index (χ1) is 34.7. The maximum absolute atomic E-state index is 13.9. The van der Waals surface area contributed by atoms with Crippen molar-refractivity contribution in [3.63, 3.8) is 0 Å². The Bertz CT molecular complexity index is 2860. The summed E-state index contributed by atoms with van der Waals surface area (Å²) in [6, 6.07) is 35.8. The number of carbonyl (C=O) groups excluding carboxylic acids is 4. The van der Waals surface area contributed by atoms with Crippen molar-refractivity contribution in [1.29, 1.82) is 0 Å². The second-order valence-corrected chi connectivity index (χ2v) is 16.5. The summed E-state index contributed by atoms with van der Waals surface area (Å²) in [5.74, 6) is -3.44. The smallest absolute Gasteiger partial charge is 0.338 e.